The molecule has 0 saturated heterocycles. The van der Waals surface area contributed by atoms with Crippen LogP contribution in [0.4, 0.5) is 0 Å². The molecule has 4 nitrogen and oxygen atoms in total. The first-order valence-corrected chi connectivity index (χ1v) is 7.90. The quantitative estimate of drug-likeness (QED) is 0.713. The zero-order valence-electron chi connectivity index (χ0n) is 14.0. The second-order valence-corrected chi connectivity index (χ2v) is 6.05. The second-order valence-electron chi connectivity index (χ2n) is 6.05. The van der Waals surface area contributed by atoms with Crippen LogP contribution in [0.3, 0.4) is 0 Å². The Hall–Kier alpha value is -3.06. The SMILES string of the molecule is Cc1ccc(-c2nc(-c3ccc(C#N)cc3)nc(C(C)C)n2)cc1. The van der Waals surface area contributed by atoms with Crippen molar-refractivity contribution in [1.29, 1.82) is 5.26 Å². The summed E-state index contributed by atoms with van der Waals surface area (Å²) < 4.78 is 0. The molecule has 0 unspecified atom stereocenters. The number of hydrogen-bond donors (Lipinski definition) is 0. The zero-order chi connectivity index (χ0) is 17.1. The van der Waals surface area contributed by atoms with Crippen molar-refractivity contribution in [2.45, 2.75) is 26.7 Å². The molecule has 118 valence electrons. The van der Waals surface area contributed by atoms with E-state index in [9.17, 15) is 0 Å². The number of benzene rings is 2. The van der Waals surface area contributed by atoms with Gasteiger partial charge in [0.05, 0.1) is 11.6 Å². The van der Waals surface area contributed by atoms with Crippen LogP contribution in [0, 0.1) is 18.3 Å². The Labute approximate surface area is 141 Å². The van der Waals surface area contributed by atoms with Gasteiger partial charge < -0.3 is 0 Å². The minimum atomic E-state index is 0.203. The molecule has 24 heavy (non-hydrogen) atoms. The average Bonchev–Trinajstić information content (AvgIpc) is 2.62. The molecule has 2 aromatic carbocycles. The third-order valence-corrected chi connectivity index (χ3v) is 3.75. The Balaban J connectivity index is 2.11. The van der Waals surface area contributed by atoms with E-state index in [1.807, 2.05) is 24.3 Å². The highest BCUT2D eigenvalue weighted by atomic mass is 15.0. The number of nitriles is 1. The summed E-state index contributed by atoms with van der Waals surface area (Å²) in [4.78, 5) is 13.9. The fourth-order valence-corrected chi connectivity index (χ4v) is 2.31. The first-order chi connectivity index (χ1) is 11.6. The lowest BCUT2D eigenvalue weighted by Gasteiger charge is -2.10. The van der Waals surface area contributed by atoms with Crippen molar-refractivity contribution in [1.82, 2.24) is 15.0 Å². The molecular formula is C20H18N4. The van der Waals surface area contributed by atoms with E-state index >= 15 is 0 Å². The normalized spacial score (nSPS) is 10.6. The molecule has 3 aromatic rings. The summed E-state index contributed by atoms with van der Waals surface area (Å²) in [6.45, 7) is 6.19. The molecule has 0 amide bonds. The van der Waals surface area contributed by atoms with Crippen LogP contribution in [0.15, 0.2) is 48.5 Å². The fourth-order valence-electron chi connectivity index (χ4n) is 2.31. The van der Waals surface area contributed by atoms with Crippen molar-refractivity contribution in [3.05, 3.63) is 65.5 Å². The van der Waals surface area contributed by atoms with Crippen molar-refractivity contribution in [3.63, 3.8) is 0 Å². The fraction of sp³-hybridized carbons (Fsp3) is 0.200. The first kappa shape index (κ1) is 15.8. The molecule has 0 N–H and O–H groups in total. The van der Waals surface area contributed by atoms with Crippen LogP contribution in [0.5, 0.6) is 0 Å². The predicted octanol–water partition coefficient (Wildman–Crippen LogP) is 4.51. The highest BCUT2D eigenvalue weighted by Gasteiger charge is 2.12. The Morgan fingerprint density at radius 3 is 1.75 bits per heavy atom. The van der Waals surface area contributed by atoms with Gasteiger partial charge in [-0.2, -0.15) is 5.26 Å². The van der Waals surface area contributed by atoms with Gasteiger partial charge in [0, 0.05) is 17.0 Å². The van der Waals surface area contributed by atoms with Gasteiger partial charge in [-0.15, -0.1) is 0 Å². The number of hydrogen-bond acceptors (Lipinski definition) is 4. The highest BCUT2D eigenvalue weighted by molar-refractivity contribution is 5.61. The molecule has 4 heteroatoms. The first-order valence-electron chi connectivity index (χ1n) is 7.90. The minimum Gasteiger partial charge on any atom is -0.213 e. The van der Waals surface area contributed by atoms with E-state index < -0.39 is 0 Å². The molecule has 3 rings (SSSR count). The predicted molar refractivity (Wildman–Crippen MR) is 94.2 cm³/mol. The molecule has 0 aliphatic carbocycles. The maximum Gasteiger partial charge on any atom is 0.163 e. The van der Waals surface area contributed by atoms with Crippen molar-refractivity contribution >= 4 is 0 Å². The average molecular weight is 314 g/mol. The Bertz CT molecular complexity index is 888. The van der Waals surface area contributed by atoms with Gasteiger partial charge in [0.1, 0.15) is 5.82 Å². The van der Waals surface area contributed by atoms with Crippen molar-refractivity contribution in [2.75, 3.05) is 0 Å². The van der Waals surface area contributed by atoms with E-state index in [4.69, 9.17) is 5.26 Å². The molecule has 1 aromatic heterocycles. The van der Waals surface area contributed by atoms with Gasteiger partial charge in [-0.25, -0.2) is 15.0 Å². The molecule has 0 aliphatic heterocycles. The van der Waals surface area contributed by atoms with Crippen LogP contribution in [0.1, 0.15) is 36.7 Å². The van der Waals surface area contributed by atoms with Gasteiger partial charge in [0.25, 0.3) is 0 Å². The third kappa shape index (κ3) is 3.31. The molecule has 0 aliphatic rings. The van der Waals surface area contributed by atoms with Gasteiger partial charge in [0.2, 0.25) is 0 Å². The van der Waals surface area contributed by atoms with Crippen molar-refractivity contribution in [2.24, 2.45) is 0 Å². The van der Waals surface area contributed by atoms with Crippen LogP contribution in [-0.2, 0) is 0 Å². The topological polar surface area (TPSA) is 62.5 Å². The number of aromatic nitrogens is 3. The summed E-state index contributed by atoms with van der Waals surface area (Å²) in [7, 11) is 0. The highest BCUT2D eigenvalue weighted by Crippen LogP contribution is 2.23. The van der Waals surface area contributed by atoms with Crippen molar-refractivity contribution in [3.8, 4) is 28.8 Å². The van der Waals surface area contributed by atoms with Crippen molar-refractivity contribution < 1.29 is 0 Å². The van der Waals surface area contributed by atoms with Gasteiger partial charge in [0.15, 0.2) is 11.6 Å². The molecule has 0 radical (unpaired) electrons. The Morgan fingerprint density at radius 2 is 1.29 bits per heavy atom. The number of aryl methyl sites for hydroxylation is 1. The summed E-state index contributed by atoms with van der Waals surface area (Å²) in [6.07, 6.45) is 0. The summed E-state index contributed by atoms with van der Waals surface area (Å²) in [5.74, 6) is 2.27. The van der Waals surface area contributed by atoms with E-state index in [-0.39, 0.29) is 5.92 Å². The monoisotopic (exact) mass is 314 g/mol. The van der Waals surface area contributed by atoms with Crippen LogP contribution < -0.4 is 0 Å². The summed E-state index contributed by atoms with van der Waals surface area (Å²) in [5, 5.41) is 8.94. The van der Waals surface area contributed by atoms with Gasteiger partial charge >= 0.3 is 0 Å². The third-order valence-electron chi connectivity index (χ3n) is 3.75. The van der Waals surface area contributed by atoms with E-state index in [0.29, 0.717) is 17.2 Å². The van der Waals surface area contributed by atoms with Crippen LogP contribution in [0.2, 0.25) is 0 Å². The Kier molecular flexibility index (Phi) is 4.35. The maximum atomic E-state index is 8.94. The van der Waals surface area contributed by atoms with Crippen LogP contribution >= 0.6 is 0 Å². The lowest BCUT2D eigenvalue weighted by atomic mass is 10.1. The van der Waals surface area contributed by atoms with Gasteiger partial charge in [-0.05, 0) is 31.2 Å². The Morgan fingerprint density at radius 1 is 0.792 bits per heavy atom. The molecule has 0 atom stereocenters. The molecule has 0 saturated carbocycles. The molecule has 1 heterocycles. The van der Waals surface area contributed by atoms with E-state index in [2.05, 4.69) is 53.9 Å². The smallest absolute Gasteiger partial charge is 0.163 e. The standard InChI is InChI=1S/C20H18N4/c1-13(2)18-22-19(16-8-4-14(3)5-9-16)24-20(23-18)17-10-6-15(12-21)7-11-17/h4-11,13H,1-3H3. The number of nitrogens with zero attached hydrogens (tertiary/aromatic N) is 4. The number of rotatable bonds is 3. The van der Waals surface area contributed by atoms with Gasteiger partial charge in [-0.1, -0.05) is 43.7 Å². The van der Waals surface area contributed by atoms with Crippen LogP contribution in [0.25, 0.3) is 22.8 Å². The van der Waals surface area contributed by atoms with E-state index in [1.54, 1.807) is 12.1 Å². The molecule has 0 spiro atoms. The summed E-state index contributed by atoms with van der Waals surface area (Å²) >= 11 is 0. The van der Waals surface area contributed by atoms with Gasteiger partial charge in [-0.3, -0.25) is 0 Å². The summed E-state index contributed by atoms with van der Waals surface area (Å²) in [6, 6.07) is 17.6. The lowest BCUT2D eigenvalue weighted by Crippen LogP contribution is -2.04. The van der Waals surface area contributed by atoms with E-state index in [1.165, 1.54) is 5.56 Å². The van der Waals surface area contributed by atoms with E-state index in [0.717, 1.165) is 17.0 Å². The lowest BCUT2D eigenvalue weighted by molar-refractivity contribution is 0.766. The summed E-state index contributed by atoms with van der Waals surface area (Å²) in [5.41, 5.74) is 3.67. The minimum absolute atomic E-state index is 0.203. The largest absolute Gasteiger partial charge is 0.213 e. The molecular weight excluding hydrogens is 296 g/mol. The van der Waals surface area contributed by atoms with Crippen LogP contribution in [-0.4, -0.2) is 15.0 Å². The molecule has 0 fully saturated rings. The second kappa shape index (κ2) is 6.59. The molecule has 0 bridgehead atoms. The zero-order valence-corrected chi connectivity index (χ0v) is 14.0. The maximum absolute atomic E-state index is 8.94.